The number of hydrogen-bond donors (Lipinski definition) is 0. The summed E-state index contributed by atoms with van der Waals surface area (Å²) in [5, 5.41) is 21.3. The molecule has 0 N–H and O–H groups in total. The average molecular weight is 484 g/mol. The first-order valence-electron chi connectivity index (χ1n) is 10.9. The summed E-state index contributed by atoms with van der Waals surface area (Å²) in [4.78, 5) is 10.5. The van der Waals surface area contributed by atoms with Crippen molar-refractivity contribution in [3.8, 4) is 17.5 Å². The van der Waals surface area contributed by atoms with Crippen molar-refractivity contribution >= 4 is 28.9 Å². The summed E-state index contributed by atoms with van der Waals surface area (Å²) in [6, 6.07) is 25.6. The van der Waals surface area contributed by atoms with Crippen LogP contribution in [0.25, 0.3) is 17.3 Å². The van der Waals surface area contributed by atoms with E-state index in [-0.39, 0.29) is 5.69 Å². The number of nitrogens with zero attached hydrogens (tertiary/aromatic N) is 3. The van der Waals surface area contributed by atoms with Gasteiger partial charge in [-0.25, -0.2) is 0 Å². The molecular weight excluding hydrogens is 462 g/mol. The molecule has 0 fully saturated rings. The molecule has 6 nitrogen and oxygen atoms in total. The highest BCUT2D eigenvalue weighted by Gasteiger charge is 2.12. The molecule has 4 rings (SSSR count). The van der Waals surface area contributed by atoms with E-state index in [0.29, 0.717) is 22.8 Å². The van der Waals surface area contributed by atoms with Crippen molar-refractivity contribution in [1.82, 2.24) is 4.57 Å². The third-order valence-electron chi connectivity index (χ3n) is 5.73. The van der Waals surface area contributed by atoms with Crippen molar-refractivity contribution < 1.29 is 9.66 Å². The first-order valence-corrected chi connectivity index (χ1v) is 11.3. The van der Waals surface area contributed by atoms with Gasteiger partial charge < -0.3 is 9.30 Å². The zero-order valence-corrected chi connectivity index (χ0v) is 20.0. The van der Waals surface area contributed by atoms with Crippen molar-refractivity contribution in [1.29, 1.82) is 5.26 Å². The third-order valence-corrected chi connectivity index (χ3v) is 6.10. The Hall–Kier alpha value is -4.34. The third kappa shape index (κ3) is 5.26. The number of nitro groups is 1. The Kier molecular flexibility index (Phi) is 7.00. The first-order chi connectivity index (χ1) is 16.9. The lowest BCUT2D eigenvalue weighted by molar-refractivity contribution is -0.384. The van der Waals surface area contributed by atoms with E-state index >= 15 is 0 Å². The average Bonchev–Trinajstić information content (AvgIpc) is 3.15. The molecule has 174 valence electrons. The summed E-state index contributed by atoms with van der Waals surface area (Å²) in [6.45, 7) is 4.38. The lowest BCUT2D eigenvalue weighted by atomic mass is 10.0. The molecule has 0 aliphatic rings. The van der Waals surface area contributed by atoms with Crippen LogP contribution in [0.15, 0.2) is 78.9 Å². The standard InChI is InChI=1S/C28H22ClN3O3/c1-19-15-23(16-24(17-30)21-7-9-26(10-8-21)32(33)34)20(2)31(19)25-11-13-27(14-12-25)35-18-22-5-3-4-6-28(22)29/h3-16H,18H2,1-2H3/b24-16-. The highest BCUT2D eigenvalue weighted by molar-refractivity contribution is 6.31. The fourth-order valence-corrected chi connectivity index (χ4v) is 4.09. The number of benzene rings is 3. The number of allylic oxidation sites excluding steroid dienone is 1. The number of nitriles is 1. The number of aryl methyl sites for hydroxylation is 1. The van der Waals surface area contributed by atoms with E-state index in [1.807, 2.05) is 68.4 Å². The summed E-state index contributed by atoms with van der Waals surface area (Å²) < 4.78 is 7.99. The largest absolute Gasteiger partial charge is 0.489 e. The van der Waals surface area contributed by atoms with E-state index in [4.69, 9.17) is 16.3 Å². The minimum atomic E-state index is -0.458. The van der Waals surface area contributed by atoms with Crippen LogP contribution in [0.3, 0.4) is 0 Å². The van der Waals surface area contributed by atoms with Crippen molar-refractivity contribution in [2.45, 2.75) is 20.5 Å². The van der Waals surface area contributed by atoms with Gasteiger partial charge in [0.1, 0.15) is 12.4 Å². The van der Waals surface area contributed by atoms with Gasteiger partial charge in [-0.2, -0.15) is 5.26 Å². The van der Waals surface area contributed by atoms with Gasteiger partial charge in [0.15, 0.2) is 0 Å². The van der Waals surface area contributed by atoms with Crippen molar-refractivity contribution in [2.75, 3.05) is 0 Å². The van der Waals surface area contributed by atoms with Crippen LogP contribution in [0.4, 0.5) is 5.69 Å². The molecule has 0 saturated heterocycles. The van der Waals surface area contributed by atoms with E-state index in [1.54, 1.807) is 18.2 Å². The molecule has 0 unspecified atom stereocenters. The molecule has 0 radical (unpaired) electrons. The van der Waals surface area contributed by atoms with Crippen LogP contribution in [0.2, 0.25) is 5.02 Å². The topological polar surface area (TPSA) is 81.1 Å². The van der Waals surface area contributed by atoms with Crippen LogP contribution < -0.4 is 4.74 Å². The van der Waals surface area contributed by atoms with Gasteiger partial charge in [-0.05, 0) is 79.6 Å². The minimum absolute atomic E-state index is 0.0106. The Bertz CT molecular complexity index is 1450. The highest BCUT2D eigenvalue weighted by atomic mass is 35.5. The van der Waals surface area contributed by atoms with E-state index < -0.39 is 4.92 Å². The molecule has 4 aromatic rings. The van der Waals surface area contributed by atoms with Gasteiger partial charge in [0.25, 0.3) is 5.69 Å². The normalized spacial score (nSPS) is 11.2. The predicted molar refractivity (Wildman–Crippen MR) is 138 cm³/mol. The number of ether oxygens (including phenoxy) is 1. The van der Waals surface area contributed by atoms with E-state index in [0.717, 1.165) is 34.0 Å². The van der Waals surface area contributed by atoms with Gasteiger partial charge in [0.05, 0.1) is 16.6 Å². The maximum absolute atomic E-state index is 10.9. The van der Waals surface area contributed by atoms with Crippen LogP contribution in [0, 0.1) is 35.3 Å². The molecule has 0 aliphatic heterocycles. The Morgan fingerprint density at radius 3 is 2.40 bits per heavy atom. The summed E-state index contributed by atoms with van der Waals surface area (Å²) >= 11 is 6.20. The van der Waals surface area contributed by atoms with E-state index in [1.165, 1.54) is 12.1 Å². The predicted octanol–water partition coefficient (Wildman–Crippen LogP) is 7.30. The smallest absolute Gasteiger partial charge is 0.269 e. The summed E-state index contributed by atoms with van der Waals surface area (Å²) in [5.74, 6) is 0.737. The Morgan fingerprint density at radius 2 is 1.77 bits per heavy atom. The lowest BCUT2D eigenvalue weighted by Gasteiger charge is -2.12. The molecule has 0 atom stereocenters. The maximum atomic E-state index is 10.9. The number of hydrogen-bond acceptors (Lipinski definition) is 4. The Morgan fingerprint density at radius 1 is 1.09 bits per heavy atom. The molecule has 0 aliphatic carbocycles. The van der Waals surface area contributed by atoms with Crippen LogP contribution in [0.5, 0.6) is 5.75 Å². The highest BCUT2D eigenvalue weighted by Crippen LogP contribution is 2.27. The summed E-state index contributed by atoms with van der Waals surface area (Å²) in [7, 11) is 0. The fourth-order valence-electron chi connectivity index (χ4n) is 3.90. The Balaban J connectivity index is 1.56. The first kappa shape index (κ1) is 23.8. The number of nitro benzene ring substituents is 1. The lowest BCUT2D eigenvalue weighted by Crippen LogP contribution is -2.00. The molecule has 0 amide bonds. The molecule has 0 spiro atoms. The van der Waals surface area contributed by atoms with Gasteiger partial charge in [-0.1, -0.05) is 29.8 Å². The monoisotopic (exact) mass is 483 g/mol. The molecule has 7 heteroatoms. The van der Waals surface area contributed by atoms with Crippen molar-refractivity contribution in [3.05, 3.63) is 122 Å². The molecule has 1 heterocycles. The van der Waals surface area contributed by atoms with E-state index in [2.05, 4.69) is 10.6 Å². The van der Waals surface area contributed by atoms with Crippen LogP contribution in [0.1, 0.15) is 28.1 Å². The number of rotatable bonds is 7. The van der Waals surface area contributed by atoms with E-state index in [9.17, 15) is 15.4 Å². The summed E-state index contributed by atoms with van der Waals surface area (Å²) in [5.41, 5.74) is 5.83. The molecule has 0 bridgehead atoms. The van der Waals surface area contributed by atoms with Crippen molar-refractivity contribution in [2.24, 2.45) is 0 Å². The quantitative estimate of drug-likeness (QED) is 0.157. The van der Waals surface area contributed by atoms with Crippen LogP contribution >= 0.6 is 11.6 Å². The fraction of sp³-hybridized carbons (Fsp3) is 0.107. The molecule has 35 heavy (non-hydrogen) atoms. The Labute approximate surface area is 208 Å². The zero-order valence-electron chi connectivity index (χ0n) is 19.2. The second kappa shape index (κ2) is 10.3. The minimum Gasteiger partial charge on any atom is -0.489 e. The number of halogens is 1. The van der Waals surface area contributed by atoms with Crippen LogP contribution in [-0.4, -0.2) is 9.49 Å². The molecule has 1 aromatic heterocycles. The van der Waals surface area contributed by atoms with Gasteiger partial charge in [0.2, 0.25) is 0 Å². The van der Waals surface area contributed by atoms with Gasteiger partial charge in [-0.15, -0.1) is 0 Å². The second-order valence-electron chi connectivity index (χ2n) is 8.01. The number of non-ortho nitro benzene ring substituents is 1. The van der Waals surface area contributed by atoms with Gasteiger partial charge >= 0.3 is 0 Å². The van der Waals surface area contributed by atoms with Gasteiger partial charge in [-0.3, -0.25) is 10.1 Å². The molecule has 0 saturated carbocycles. The molecule has 3 aromatic carbocycles. The van der Waals surface area contributed by atoms with Crippen LogP contribution in [-0.2, 0) is 6.61 Å². The maximum Gasteiger partial charge on any atom is 0.269 e. The van der Waals surface area contributed by atoms with Crippen molar-refractivity contribution in [3.63, 3.8) is 0 Å². The zero-order chi connectivity index (χ0) is 24.9. The van der Waals surface area contributed by atoms with Gasteiger partial charge in [0, 0.05) is 39.8 Å². The number of aromatic nitrogens is 1. The second-order valence-corrected chi connectivity index (χ2v) is 8.42. The summed E-state index contributed by atoms with van der Waals surface area (Å²) in [6.07, 6.45) is 1.81. The molecular formula is C28H22ClN3O3. The SMILES string of the molecule is Cc1cc(/C=C(/C#N)c2ccc([N+](=O)[O-])cc2)c(C)n1-c1ccc(OCc2ccccc2Cl)cc1.